The molecule has 1 aromatic carbocycles. The van der Waals surface area contributed by atoms with E-state index >= 15 is 0 Å². The summed E-state index contributed by atoms with van der Waals surface area (Å²) in [7, 11) is 0. The Balaban J connectivity index is 2.69. The molecule has 0 aliphatic rings. The average Bonchev–Trinajstić information content (AvgIpc) is 2.49. The summed E-state index contributed by atoms with van der Waals surface area (Å²) in [5.41, 5.74) is 5.87. The van der Waals surface area contributed by atoms with Gasteiger partial charge in [0, 0.05) is 4.47 Å². The third-order valence-corrected chi connectivity index (χ3v) is 3.55. The zero-order chi connectivity index (χ0) is 11.0. The Morgan fingerprint density at radius 1 is 1.47 bits per heavy atom. The van der Waals surface area contributed by atoms with Crippen LogP contribution in [0, 0.1) is 9.39 Å². The predicted molar refractivity (Wildman–Crippen MR) is 66.7 cm³/mol. The maximum atomic E-state index is 13.6. The Hall–Kier alpha value is -0.630. The summed E-state index contributed by atoms with van der Waals surface area (Å²) in [5.74, 6) is 0.234. The fourth-order valence-corrected chi connectivity index (χ4v) is 2.15. The van der Waals surface area contributed by atoms with Gasteiger partial charge in [0.25, 0.3) is 0 Å². The second-order valence-corrected chi connectivity index (χ2v) is 4.74. The van der Waals surface area contributed by atoms with Crippen LogP contribution >= 0.6 is 38.5 Å². The molecule has 2 N–H and O–H groups in total. The van der Waals surface area contributed by atoms with Gasteiger partial charge in [0.05, 0.1) is 5.56 Å². The zero-order valence-corrected chi connectivity index (χ0v) is 11.0. The van der Waals surface area contributed by atoms with E-state index in [0.717, 1.165) is 0 Å². The van der Waals surface area contributed by atoms with Crippen LogP contribution in [0.2, 0.25) is 0 Å². The fourth-order valence-electron chi connectivity index (χ4n) is 1.16. The van der Waals surface area contributed by atoms with Crippen LogP contribution in [-0.4, -0.2) is 5.16 Å². The van der Waals surface area contributed by atoms with Gasteiger partial charge in [-0.1, -0.05) is 11.2 Å². The number of benzene rings is 1. The molecule has 2 rings (SSSR count). The second kappa shape index (κ2) is 4.09. The van der Waals surface area contributed by atoms with Crippen LogP contribution in [0.15, 0.2) is 27.2 Å². The maximum absolute atomic E-state index is 13.6. The Morgan fingerprint density at radius 3 is 2.73 bits per heavy atom. The quantitative estimate of drug-likeness (QED) is 0.769. The molecule has 0 saturated carbocycles. The van der Waals surface area contributed by atoms with E-state index in [1.165, 1.54) is 6.07 Å². The van der Waals surface area contributed by atoms with Gasteiger partial charge in [0.15, 0.2) is 11.6 Å². The Labute approximate surface area is 107 Å². The number of anilines is 1. The highest BCUT2D eigenvalue weighted by Crippen LogP contribution is 2.35. The predicted octanol–water partition coefficient (Wildman–Crippen LogP) is 3.43. The summed E-state index contributed by atoms with van der Waals surface area (Å²) < 4.78 is 19.8. The minimum atomic E-state index is -0.376. The normalized spacial score (nSPS) is 10.6. The van der Waals surface area contributed by atoms with E-state index in [1.807, 2.05) is 22.6 Å². The van der Waals surface area contributed by atoms with Crippen molar-refractivity contribution in [2.24, 2.45) is 0 Å². The summed E-state index contributed by atoms with van der Waals surface area (Å²) in [4.78, 5) is 0. The van der Waals surface area contributed by atoms with Crippen molar-refractivity contribution < 1.29 is 8.91 Å². The topological polar surface area (TPSA) is 52.0 Å². The largest absolute Gasteiger partial charge is 0.380 e. The number of halogens is 3. The van der Waals surface area contributed by atoms with Gasteiger partial charge >= 0.3 is 0 Å². The smallest absolute Gasteiger partial charge is 0.186 e. The SMILES string of the molecule is Nc1noc(-c2c(F)cccc2Br)c1I. The number of hydrogen-bond donors (Lipinski definition) is 1. The van der Waals surface area contributed by atoms with Gasteiger partial charge < -0.3 is 10.3 Å². The molecule has 0 spiro atoms. The van der Waals surface area contributed by atoms with Crippen molar-refractivity contribution >= 4 is 44.3 Å². The Morgan fingerprint density at radius 2 is 2.20 bits per heavy atom. The molecule has 0 unspecified atom stereocenters. The molecule has 0 bridgehead atoms. The minimum Gasteiger partial charge on any atom is -0.380 e. The van der Waals surface area contributed by atoms with Crippen LogP contribution in [0.25, 0.3) is 11.3 Å². The first-order chi connectivity index (χ1) is 7.11. The number of rotatable bonds is 1. The van der Waals surface area contributed by atoms with Crippen molar-refractivity contribution in [2.75, 3.05) is 5.73 Å². The highest BCUT2D eigenvalue weighted by Gasteiger charge is 2.19. The molecule has 0 fully saturated rings. The molecular formula is C9H5BrFIN2O. The van der Waals surface area contributed by atoms with Crippen LogP contribution in [0.5, 0.6) is 0 Å². The highest BCUT2D eigenvalue weighted by molar-refractivity contribution is 14.1. The van der Waals surface area contributed by atoms with Crippen molar-refractivity contribution in [3.8, 4) is 11.3 Å². The number of nitrogens with zero attached hydrogens (tertiary/aromatic N) is 1. The number of aromatic nitrogens is 1. The summed E-state index contributed by atoms with van der Waals surface area (Å²) in [6, 6.07) is 4.69. The summed E-state index contributed by atoms with van der Waals surface area (Å²) in [6.07, 6.45) is 0. The second-order valence-electron chi connectivity index (χ2n) is 2.81. The van der Waals surface area contributed by atoms with Crippen molar-refractivity contribution in [3.63, 3.8) is 0 Å². The number of nitrogen functional groups attached to an aromatic ring is 1. The molecule has 15 heavy (non-hydrogen) atoms. The molecule has 1 heterocycles. The van der Waals surface area contributed by atoms with E-state index in [0.29, 0.717) is 19.4 Å². The van der Waals surface area contributed by atoms with Crippen molar-refractivity contribution in [1.29, 1.82) is 0 Å². The lowest BCUT2D eigenvalue weighted by Gasteiger charge is -2.01. The third-order valence-electron chi connectivity index (χ3n) is 1.85. The molecule has 0 amide bonds. The molecule has 0 radical (unpaired) electrons. The van der Waals surface area contributed by atoms with Crippen LogP contribution in [0.3, 0.4) is 0 Å². The first-order valence-corrected chi connectivity index (χ1v) is 5.83. The van der Waals surface area contributed by atoms with Gasteiger partial charge in [-0.25, -0.2) is 4.39 Å². The lowest BCUT2D eigenvalue weighted by atomic mass is 10.1. The molecule has 2 aromatic rings. The molecular weight excluding hydrogens is 378 g/mol. The van der Waals surface area contributed by atoms with Crippen molar-refractivity contribution in [2.45, 2.75) is 0 Å². The fraction of sp³-hybridized carbons (Fsp3) is 0. The lowest BCUT2D eigenvalue weighted by Crippen LogP contribution is -1.88. The van der Waals surface area contributed by atoms with E-state index < -0.39 is 0 Å². The first kappa shape index (κ1) is 10.9. The summed E-state index contributed by atoms with van der Waals surface area (Å²) >= 11 is 5.22. The monoisotopic (exact) mass is 382 g/mol. The van der Waals surface area contributed by atoms with Gasteiger partial charge in [0.1, 0.15) is 9.39 Å². The third kappa shape index (κ3) is 1.87. The average molecular weight is 383 g/mol. The summed E-state index contributed by atoms with van der Waals surface area (Å²) in [6.45, 7) is 0. The molecule has 1 aromatic heterocycles. The molecule has 78 valence electrons. The van der Waals surface area contributed by atoms with E-state index in [-0.39, 0.29) is 11.6 Å². The summed E-state index contributed by atoms with van der Waals surface area (Å²) in [5, 5.41) is 3.58. The highest BCUT2D eigenvalue weighted by atomic mass is 127. The molecule has 3 nitrogen and oxygen atoms in total. The van der Waals surface area contributed by atoms with E-state index in [4.69, 9.17) is 10.3 Å². The van der Waals surface area contributed by atoms with Crippen LogP contribution < -0.4 is 5.73 Å². The van der Waals surface area contributed by atoms with E-state index in [9.17, 15) is 4.39 Å². The molecule has 6 heteroatoms. The Kier molecular flexibility index (Phi) is 2.96. The molecule has 0 saturated heterocycles. The molecule has 0 aliphatic carbocycles. The molecule has 0 aliphatic heterocycles. The van der Waals surface area contributed by atoms with E-state index in [1.54, 1.807) is 12.1 Å². The van der Waals surface area contributed by atoms with Gasteiger partial charge in [-0.05, 0) is 50.7 Å². The van der Waals surface area contributed by atoms with Crippen LogP contribution in [0.1, 0.15) is 0 Å². The van der Waals surface area contributed by atoms with Crippen LogP contribution in [0.4, 0.5) is 10.2 Å². The first-order valence-electron chi connectivity index (χ1n) is 3.96. The Bertz CT molecular complexity index is 495. The minimum absolute atomic E-state index is 0.265. The molecule has 0 atom stereocenters. The maximum Gasteiger partial charge on any atom is 0.186 e. The number of hydrogen-bond acceptors (Lipinski definition) is 3. The van der Waals surface area contributed by atoms with Gasteiger partial charge in [-0.2, -0.15) is 0 Å². The van der Waals surface area contributed by atoms with Crippen molar-refractivity contribution in [1.82, 2.24) is 5.16 Å². The van der Waals surface area contributed by atoms with E-state index in [2.05, 4.69) is 21.1 Å². The van der Waals surface area contributed by atoms with Crippen molar-refractivity contribution in [3.05, 3.63) is 32.1 Å². The van der Waals surface area contributed by atoms with Gasteiger partial charge in [-0.3, -0.25) is 0 Å². The van der Waals surface area contributed by atoms with Gasteiger partial charge in [0.2, 0.25) is 0 Å². The zero-order valence-electron chi connectivity index (χ0n) is 7.30. The lowest BCUT2D eigenvalue weighted by molar-refractivity contribution is 0.432. The standard InChI is InChI=1S/C9H5BrFIN2O/c10-4-2-1-3-5(11)6(4)8-7(12)9(13)14-15-8/h1-3H,(H2,13,14). The number of nitrogens with two attached hydrogens (primary N) is 1. The van der Waals surface area contributed by atoms with Gasteiger partial charge in [-0.15, -0.1) is 0 Å². The van der Waals surface area contributed by atoms with Crippen LogP contribution in [-0.2, 0) is 0 Å².